The summed E-state index contributed by atoms with van der Waals surface area (Å²) < 4.78 is 17.9. The monoisotopic (exact) mass is 223 g/mol. The Kier molecular flexibility index (Phi) is 3.15. The molecule has 0 spiro atoms. The quantitative estimate of drug-likeness (QED) is 0.855. The minimum absolute atomic E-state index is 0.254. The van der Waals surface area contributed by atoms with Gasteiger partial charge in [0.2, 0.25) is 0 Å². The molecule has 1 aliphatic rings. The van der Waals surface area contributed by atoms with Crippen LogP contribution in [0.25, 0.3) is 0 Å². The van der Waals surface area contributed by atoms with Crippen molar-refractivity contribution in [3.63, 3.8) is 0 Å². The highest BCUT2D eigenvalue weighted by atomic mass is 19.1. The molecule has 0 atom stereocenters. The van der Waals surface area contributed by atoms with Crippen molar-refractivity contribution in [1.82, 2.24) is 0 Å². The van der Waals surface area contributed by atoms with E-state index in [9.17, 15) is 4.39 Å². The standard InChI is InChI=1S/C13H18FNO/c1-16-12-5-4-11(8-10(12)9-14)13(15)6-2-3-7-13/h4-5,8H,2-3,6-7,9,15H2,1H3. The van der Waals surface area contributed by atoms with Crippen molar-refractivity contribution in [2.75, 3.05) is 7.11 Å². The molecule has 1 fully saturated rings. The summed E-state index contributed by atoms with van der Waals surface area (Å²) in [6.07, 6.45) is 4.30. The zero-order valence-corrected chi connectivity index (χ0v) is 9.63. The summed E-state index contributed by atoms with van der Waals surface area (Å²) in [5, 5.41) is 0. The number of ether oxygens (including phenoxy) is 1. The fourth-order valence-corrected chi connectivity index (χ4v) is 2.49. The first-order valence-electron chi connectivity index (χ1n) is 5.72. The van der Waals surface area contributed by atoms with Gasteiger partial charge < -0.3 is 10.5 Å². The van der Waals surface area contributed by atoms with Crippen LogP contribution in [0.15, 0.2) is 18.2 Å². The van der Waals surface area contributed by atoms with Crippen LogP contribution in [0.2, 0.25) is 0 Å². The molecular weight excluding hydrogens is 205 g/mol. The van der Waals surface area contributed by atoms with Crippen LogP contribution in [0.5, 0.6) is 5.75 Å². The molecule has 0 amide bonds. The molecule has 0 aromatic heterocycles. The lowest BCUT2D eigenvalue weighted by atomic mass is 9.88. The molecule has 1 aliphatic carbocycles. The van der Waals surface area contributed by atoms with Gasteiger partial charge in [0.25, 0.3) is 0 Å². The summed E-state index contributed by atoms with van der Waals surface area (Å²) in [4.78, 5) is 0. The van der Waals surface area contributed by atoms with Crippen molar-refractivity contribution in [2.24, 2.45) is 5.73 Å². The molecule has 1 saturated carbocycles. The molecule has 2 nitrogen and oxygen atoms in total. The second-order valence-electron chi connectivity index (χ2n) is 4.52. The first kappa shape index (κ1) is 11.4. The second-order valence-corrected chi connectivity index (χ2v) is 4.52. The Morgan fingerprint density at radius 1 is 1.38 bits per heavy atom. The molecular formula is C13H18FNO. The average Bonchev–Trinajstić information content (AvgIpc) is 2.76. The summed E-state index contributed by atoms with van der Waals surface area (Å²) in [6.45, 7) is -0.507. The third kappa shape index (κ3) is 1.92. The van der Waals surface area contributed by atoms with Crippen LogP contribution in [0.1, 0.15) is 36.8 Å². The van der Waals surface area contributed by atoms with Crippen LogP contribution in [0.4, 0.5) is 4.39 Å². The van der Waals surface area contributed by atoms with E-state index >= 15 is 0 Å². The lowest BCUT2D eigenvalue weighted by molar-refractivity contribution is 0.391. The summed E-state index contributed by atoms with van der Waals surface area (Å²) in [5.74, 6) is 0.604. The van der Waals surface area contributed by atoms with E-state index < -0.39 is 6.67 Å². The lowest BCUT2D eigenvalue weighted by Crippen LogP contribution is -2.33. The number of alkyl halides is 1. The van der Waals surface area contributed by atoms with E-state index in [0.717, 1.165) is 31.2 Å². The summed E-state index contributed by atoms with van der Waals surface area (Å²) in [6, 6.07) is 5.63. The predicted molar refractivity (Wildman–Crippen MR) is 62.1 cm³/mol. The van der Waals surface area contributed by atoms with E-state index in [2.05, 4.69) is 0 Å². The van der Waals surface area contributed by atoms with Crippen molar-refractivity contribution >= 4 is 0 Å². The van der Waals surface area contributed by atoms with Crippen LogP contribution >= 0.6 is 0 Å². The third-order valence-corrected chi connectivity index (χ3v) is 3.50. The first-order chi connectivity index (χ1) is 7.69. The fraction of sp³-hybridized carbons (Fsp3) is 0.538. The fourth-order valence-electron chi connectivity index (χ4n) is 2.49. The number of hydrogen-bond acceptors (Lipinski definition) is 2. The van der Waals surface area contributed by atoms with Crippen LogP contribution in [-0.2, 0) is 12.2 Å². The highest BCUT2D eigenvalue weighted by Gasteiger charge is 2.31. The van der Waals surface area contributed by atoms with Crippen LogP contribution < -0.4 is 10.5 Å². The summed E-state index contributed by atoms with van der Waals surface area (Å²) in [7, 11) is 1.56. The maximum atomic E-state index is 12.8. The van der Waals surface area contributed by atoms with E-state index in [1.54, 1.807) is 7.11 Å². The van der Waals surface area contributed by atoms with Gasteiger partial charge in [0.1, 0.15) is 12.4 Å². The van der Waals surface area contributed by atoms with Gasteiger partial charge >= 0.3 is 0 Å². The maximum absolute atomic E-state index is 12.8. The Balaban J connectivity index is 2.35. The molecule has 0 bridgehead atoms. The highest BCUT2D eigenvalue weighted by molar-refractivity contribution is 5.40. The van der Waals surface area contributed by atoms with Crippen molar-refractivity contribution in [1.29, 1.82) is 0 Å². The number of halogens is 1. The first-order valence-corrected chi connectivity index (χ1v) is 5.72. The Labute approximate surface area is 95.6 Å². The number of hydrogen-bond donors (Lipinski definition) is 1. The Hall–Kier alpha value is -1.09. The van der Waals surface area contributed by atoms with Gasteiger partial charge in [0, 0.05) is 11.1 Å². The zero-order chi connectivity index (χ0) is 11.6. The predicted octanol–water partition coefficient (Wildman–Crippen LogP) is 2.89. The van der Waals surface area contributed by atoms with Gasteiger partial charge in [-0.05, 0) is 30.5 Å². The molecule has 88 valence electrons. The van der Waals surface area contributed by atoms with E-state index in [1.165, 1.54) is 0 Å². The molecule has 0 radical (unpaired) electrons. The molecule has 0 aliphatic heterocycles. The number of rotatable bonds is 3. The van der Waals surface area contributed by atoms with Crippen molar-refractivity contribution < 1.29 is 9.13 Å². The largest absolute Gasteiger partial charge is 0.496 e. The highest BCUT2D eigenvalue weighted by Crippen LogP contribution is 2.37. The SMILES string of the molecule is COc1ccc(C2(N)CCCC2)cc1CF. The molecule has 0 unspecified atom stereocenters. The Morgan fingerprint density at radius 3 is 2.62 bits per heavy atom. The van der Waals surface area contributed by atoms with Gasteiger partial charge in [0.05, 0.1) is 7.11 Å². The maximum Gasteiger partial charge on any atom is 0.124 e. The lowest BCUT2D eigenvalue weighted by Gasteiger charge is -2.25. The van der Waals surface area contributed by atoms with Gasteiger partial charge in [-0.2, -0.15) is 0 Å². The van der Waals surface area contributed by atoms with E-state index in [1.807, 2.05) is 18.2 Å². The summed E-state index contributed by atoms with van der Waals surface area (Å²) in [5.41, 5.74) is 7.71. The van der Waals surface area contributed by atoms with E-state index in [4.69, 9.17) is 10.5 Å². The molecule has 2 N–H and O–H groups in total. The van der Waals surface area contributed by atoms with Gasteiger partial charge in [-0.3, -0.25) is 0 Å². The number of benzene rings is 1. The van der Waals surface area contributed by atoms with Gasteiger partial charge in [-0.15, -0.1) is 0 Å². The molecule has 1 aromatic carbocycles. The van der Waals surface area contributed by atoms with Crippen LogP contribution in [0, 0.1) is 0 Å². The van der Waals surface area contributed by atoms with Crippen LogP contribution in [0.3, 0.4) is 0 Å². The minimum Gasteiger partial charge on any atom is -0.496 e. The molecule has 1 aromatic rings. The molecule has 2 rings (SSSR count). The number of nitrogens with two attached hydrogens (primary N) is 1. The Bertz CT molecular complexity index is 372. The minimum atomic E-state index is -0.507. The summed E-state index contributed by atoms with van der Waals surface area (Å²) >= 11 is 0. The van der Waals surface area contributed by atoms with E-state index in [0.29, 0.717) is 11.3 Å². The molecule has 0 heterocycles. The zero-order valence-electron chi connectivity index (χ0n) is 9.63. The van der Waals surface area contributed by atoms with Gasteiger partial charge in [-0.25, -0.2) is 4.39 Å². The van der Waals surface area contributed by atoms with Gasteiger partial charge in [-0.1, -0.05) is 18.9 Å². The van der Waals surface area contributed by atoms with Crippen molar-refractivity contribution in [3.8, 4) is 5.75 Å². The van der Waals surface area contributed by atoms with Crippen LogP contribution in [-0.4, -0.2) is 7.11 Å². The molecule has 16 heavy (non-hydrogen) atoms. The second kappa shape index (κ2) is 4.42. The molecule has 0 saturated heterocycles. The third-order valence-electron chi connectivity index (χ3n) is 3.50. The smallest absolute Gasteiger partial charge is 0.124 e. The Morgan fingerprint density at radius 2 is 2.06 bits per heavy atom. The number of methoxy groups -OCH3 is 1. The molecule has 3 heteroatoms. The average molecular weight is 223 g/mol. The van der Waals surface area contributed by atoms with Gasteiger partial charge in [0.15, 0.2) is 0 Å². The normalized spacial score (nSPS) is 18.7. The van der Waals surface area contributed by atoms with Crippen molar-refractivity contribution in [2.45, 2.75) is 37.9 Å². The topological polar surface area (TPSA) is 35.2 Å². The van der Waals surface area contributed by atoms with Crippen molar-refractivity contribution in [3.05, 3.63) is 29.3 Å². The van der Waals surface area contributed by atoms with E-state index in [-0.39, 0.29) is 5.54 Å².